The van der Waals surface area contributed by atoms with E-state index in [0.717, 1.165) is 16.7 Å². The number of hydrogen-bond acceptors (Lipinski definition) is 4. The van der Waals surface area contributed by atoms with E-state index in [1.54, 1.807) is 25.7 Å². The van der Waals surface area contributed by atoms with Gasteiger partial charge >= 0.3 is 6.09 Å². The maximum Gasteiger partial charge on any atom is 0.408 e. The van der Waals surface area contributed by atoms with Crippen molar-refractivity contribution in [3.8, 4) is 0 Å². The third-order valence-corrected chi connectivity index (χ3v) is 6.66. The maximum absolute atomic E-state index is 14.5. The van der Waals surface area contributed by atoms with Crippen LogP contribution in [0.2, 0.25) is 0 Å². The number of amides is 3. The van der Waals surface area contributed by atoms with Crippen LogP contribution in [0, 0.1) is 19.8 Å². The van der Waals surface area contributed by atoms with Gasteiger partial charge in [-0.15, -0.1) is 0 Å². The Labute approximate surface area is 218 Å². The first-order chi connectivity index (χ1) is 16.5. The number of rotatable bonds is 10. The first-order valence-electron chi connectivity index (χ1n) is 13.2. The summed E-state index contributed by atoms with van der Waals surface area (Å²) >= 11 is 0. The molecule has 0 spiro atoms. The lowest BCUT2D eigenvalue weighted by Crippen LogP contribution is -2.61. The average Bonchev–Trinajstić information content (AvgIpc) is 2.73. The summed E-state index contributed by atoms with van der Waals surface area (Å²) in [5.74, 6) is -0.710. The molecule has 1 rings (SSSR count). The Balaban J connectivity index is 3.78. The van der Waals surface area contributed by atoms with Crippen LogP contribution in [0.3, 0.4) is 0 Å². The molecule has 0 radical (unpaired) electrons. The highest BCUT2D eigenvalue weighted by Crippen LogP contribution is 2.36. The Bertz CT molecular complexity index is 897. The van der Waals surface area contributed by atoms with E-state index >= 15 is 0 Å². The van der Waals surface area contributed by atoms with E-state index in [1.807, 2.05) is 80.5 Å². The molecule has 1 aromatic carbocycles. The van der Waals surface area contributed by atoms with Crippen molar-refractivity contribution in [1.29, 1.82) is 0 Å². The Kier molecular flexibility index (Phi) is 11.0. The van der Waals surface area contributed by atoms with E-state index in [0.29, 0.717) is 12.8 Å². The zero-order valence-electron chi connectivity index (χ0n) is 24.5. The summed E-state index contributed by atoms with van der Waals surface area (Å²) in [7, 11) is 0. The van der Waals surface area contributed by atoms with Crippen molar-refractivity contribution in [1.82, 2.24) is 15.5 Å². The van der Waals surface area contributed by atoms with Gasteiger partial charge in [0.1, 0.15) is 17.7 Å². The Hall–Kier alpha value is -2.57. The second kappa shape index (κ2) is 12.6. The third kappa shape index (κ3) is 8.24. The minimum atomic E-state index is -0.858. The number of alkyl carbamates (subject to hydrolysis) is 1. The first-order valence-corrected chi connectivity index (χ1v) is 13.2. The molecular formula is C29H49N3O4. The zero-order valence-corrected chi connectivity index (χ0v) is 24.5. The Morgan fingerprint density at radius 1 is 0.944 bits per heavy atom. The number of hydrogen-bond donors (Lipinski definition) is 2. The lowest BCUT2D eigenvalue weighted by atomic mass is 9.87. The molecule has 0 aliphatic heterocycles. The van der Waals surface area contributed by atoms with Gasteiger partial charge in [-0.05, 0) is 91.3 Å². The second-order valence-corrected chi connectivity index (χ2v) is 11.8. The molecular weight excluding hydrogens is 454 g/mol. The molecule has 0 aliphatic rings. The van der Waals surface area contributed by atoms with Gasteiger partial charge in [0.15, 0.2) is 0 Å². The lowest BCUT2D eigenvalue weighted by Gasteiger charge is -2.46. The van der Waals surface area contributed by atoms with Crippen LogP contribution in [-0.4, -0.2) is 46.0 Å². The van der Waals surface area contributed by atoms with Gasteiger partial charge in [0.25, 0.3) is 0 Å². The van der Waals surface area contributed by atoms with Gasteiger partial charge in [0.2, 0.25) is 11.8 Å². The lowest BCUT2D eigenvalue weighted by molar-refractivity contribution is -0.150. The van der Waals surface area contributed by atoms with Gasteiger partial charge in [-0.1, -0.05) is 45.4 Å². The normalized spacial score (nSPS) is 14.6. The van der Waals surface area contributed by atoms with Crippen molar-refractivity contribution < 1.29 is 19.1 Å². The van der Waals surface area contributed by atoms with Gasteiger partial charge in [0.05, 0.1) is 0 Å². The molecule has 0 heterocycles. The van der Waals surface area contributed by atoms with Crippen molar-refractivity contribution in [2.24, 2.45) is 5.92 Å². The SMILES string of the molecule is CCC(C)C(NC(=O)OC(C)(C)C)C(=O)N(C(C(=O)NC(C)C)c1c(C)cccc1C)C(C)(C)CC. The summed E-state index contributed by atoms with van der Waals surface area (Å²) in [5.41, 5.74) is 1.30. The van der Waals surface area contributed by atoms with Gasteiger partial charge in [-0.3, -0.25) is 9.59 Å². The van der Waals surface area contributed by atoms with E-state index in [1.165, 1.54) is 0 Å². The molecule has 0 fully saturated rings. The fourth-order valence-corrected chi connectivity index (χ4v) is 4.21. The molecule has 1 aromatic rings. The van der Waals surface area contributed by atoms with Crippen LogP contribution in [0.1, 0.15) is 105 Å². The Morgan fingerprint density at radius 2 is 1.47 bits per heavy atom. The van der Waals surface area contributed by atoms with Gasteiger partial charge < -0.3 is 20.3 Å². The molecule has 0 saturated carbocycles. The van der Waals surface area contributed by atoms with Crippen molar-refractivity contribution >= 4 is 17.9 Å². The highest BCUT2D eigenvalue weighted by Gasteiger charge is 2.45. The van der Waals surface area contributed by atoms with Crippen LogP contribution >= 0.6 is 0 Å². The zero-order chi connectivity index (χ0) is 28.0. The first kappa shape index (κ1) is 31.5. The van der Waals surface area contributed by atoms with Gasteiger partial charge in [-0.2, -0.15) is 0 Å². The molecule has 7 nitrogen and oxygen atoms in total. The predicted octanol–water partition coefficient (Wildman–Crippen LogP) is 5.83. The van der Waals surface area contributed by atoms with E-state index in [4.69, 9.17) is 4.74 Å². The van der Waals surface area contributed by atoms with Crippen molar-refractivity contribution in [2.75, 3.05) is 0 Å². The molecule has 3 unspecified atom stereocenters. The number of ether oxygens (including phenoxy) is 1. The molecule has 3 amide bonds. The standard InChI is InChI=1S/C29H49N3O4/c1-13-19(5)23(31-27(35)36-28(8,9)10)26(34)32(29(11,12)14-2)24(25(33)30-18(3)4)22-20(6)16-15-17-21(22)7/h15-19,23-24H,13-14H2,1-12H3,(H,30,33)(H,31,35). The average molecular weight is 504 g/mol. The van der Waals surface area contributed by atoms with E-state index in [-0.39, 0.29) is 23.8 Å². The maximum atomic E-state index is 14.5. The summed E-state index contributed by atoms with van der Waals surface area (Å²) in [6.07, 6.45) is 0.638. The van der Waals surface area contributed by atoms with Crippen LogP contribution in [0.4, 0.5) is 4.79 Å². The predicted molar refractivity (Wildman–Crippen MR) is 146 cm³/mol. The Morgan fingerprint density at radius 3 is 1.89 bits per heavy atom. The fourth-order valence-electron chi connectivity index (χ4n) is 4.21. The van der Waals surface area contributed by atoms with E-state index in [9.17, 15) is 14.4 Å². The van der Waals surface area contributed by atoms with E-state index < -0.39 is 29.3 Å². The molecule has 2 N–H and O–H groups in total. The van der Waals surface area contributed by atoms with Crippen LogP contribution in [0.5, 0.6) is 0 Å². The molecule has 0 bridgehead atoms. The molecule has 204 valence electrons. The monoisotopic (exact) mass is 503 g/mol. The van der Waals surface area contributed by atoms with Crippen molar-refractivity contribution in [3.63, 3.8) is 0 Å². The van der Waals surface area contributed by atoms with Crippen molar-refractivity contribution in [3.05, 3.63) is 34.9 Å². The molecule has 0 saturated heterocycles. The topological polar surface area (TPSA) is 87.7 Å². The van der Waals surface area contributed by atoms with Crippen LogP contribution in [0.25, 0.3) is 0 Å². The molecule has 0 aromatic heterocycles. The van der Waals surface area contributed by atoms with Crippen LogP contribution in [0.15, 0.2) is 18.2 Å². The summed E-state index contributed by atoms with van der Waals surface area (Å²) in [5, 5.41) is 5.87. The van der Waals surface area contributed by atoms with Crippen molar-refractivity contribution in [2.45, 2.75) is 125 Å². The summed E-state index contributed by atoms with van der Waals surface area (Å²) in [6, 6.07) is 4.07. The second-order valence-electron chi connectivity index (χ2n) is 11.8. The molecule has 7 heteroatoms. The highest BCUT2D eigenvalue weighted by atomic mass is 16.6. The largest absolute Gasteiger partial charge is 0.444 e. The van der Waals surface area contributed by atoms with Crippen LogP contribution in [-0.2, 0) is 14.3 Å². The molecule has 36 heavy (non-hydrogen) atoms. The number of aryl methyl sites for hydroxylation is 2. The number of carbonyl (C=O) groups excluding carboxylic acids is 3. The number of carbonyl (C=O) groups is 3. The number of nitrogens with one attached hydrogen (secondary N) is 2. The quantitative estimate of drug-likeness (QED) is 0.421. The van der Waals surface area contributed by atoms with E-state index in [2.05, 4.69) is 10.6 Å². The molecule has 3 atom stereocenters. The number of nitrogens with zero attached hydrogens (tertiary/aromatic N) is 1. The van der Waals surface area contributed by atoms with Gasteiger partial charge in [0, 0.05) is 11.6 Å². The van der Waals surface area contributed by atoms with Crippen LogP contribution < -0.4 is 10.6 Å². The number of benzene rings is 1. The smallest absolute Gasteiger partial charge is 0.408 e. The summed E-state index contributed by atoms with van der Waals surface area (Å²) < 4.78 is 5.49. The fraction of sp³-hybridized carbons (Fsp3) is 0.690. The summed E-state index contributed by atoms with van der Waals surface area (Å²) in [4.78, 5) is 42.7. The summed E-state index contributed by atoms with van der Waals surface area (Å²) in [6.45, 7) is 22.9. The minimum Gasteiger partial charge on any atom is -0.444 e. The third-order valence-electron chi connectivity index (χ3n) is 6.66. The minimum absolute atomic E-state index is 0.101. The molecule has 0 aliphatic carbocycles. The highest BCUT2D eigenvalue weighted by molar-refractivity contribution is 5.93. The van der Waals surface area contributed by atoms with Gasteiger partial charge in [-0.25, -0.2) is 4.79 Å².